The molecule has 4 heteroatoms. The number of fused-ring (bicyclic) bond motifs is 1. The van der Waals surface area contributed by atoms with E-state index in [1.54, 1.807) is 12.3 Å². The predicted molar refractivity (Wildman–Crippen MR) is 95.3 cm³/mol. The van der Waals surface area contributed by atoms with Crippen LogP contribution in [0.15, 0.2) is 54.7 Å². The summed E-state index contributed by atoms with van der Waals surface area (Å²) >= 11 is 0. The minimum absolute atomic E-state index is 0.134. The lowest BCUT2D eigenvalue weighted by Gasteiger charge is -2.17. The van der Waals surface area contributed by atoms with E-state index in [-0.39, 0.29) is 5.91 Å². The van der Waals surface area contributed by atoms with E-state index < -0.39 is 0 Å². The van der Waals surface area contributed by atoms with Gasteiger partial charge in [0, 0.05) is 30.4 Å². The number of hydrogen-bond acceptors (Lipinski definition) is 3. The SMILES string of the molecule is Nc1ccc(-c2cccc(C(=O)N3C[C@H]4CC=CC[C@H]4C3)c2)cn1. The van der Waals surface area contributed by atoms with E-state index in [4.69, 9.17) is 5.73 Å². The molecule has 1 aliphatic carbocycles. The fourth-order valence-corrected chi connectivity index (χ4v) is 3.77. The number of anilines is 1. The number of amides is 1. The van der Waals surface area contributed by atoms with E-state index in [0.717, 1.165) is 42.6 Å². The average Bonchev–Trinajstić information content (AvgIpc) is 3.06. The Kier molecular flexibility index (Phi) is 3.81. The molecule has 1 amide bonds. The summed E-state index contributed by atoms with van der Waals surface area (Å²) in [5, 5.41) is 0. The van der Waals surface area contributed by atoms with Crippen molar-refractivity contribution in [2.75, 3.05) is 18.8 Å². The van der Waals surface area contributed by atoms with E-state index in [9.17, 15) is 4.79 Å². The first-order valence-corrected chi connectivity index (χ1v) is 8.47. The number of allylic oxidation sites excluding steroid dienone is 2. The van der Waals surface area contributed by atoms with Gasteiger partial charge in [0.15, 0.2) is 0 Å². The van der Waals surface area contributed by atoms with Crippen LogP contribution in [0.5, 0.6) is 0 Å². The molecule has 0 unspecified atom stereocenters. The molecule has 4 nitrogen and oxygen atoms in total. The molecule has 2 atom stereocenters. The van der Waals surface area contributed by atoms with E-state index in [0.29, 0.717) is 17.7 Å². The van der Waals surface area contributed by atoms with Gasteiger partial charge < -0.3 is 10.6 Å². The molecular formula is C20H21N3O. The molecule has 24 heavy (non-hydrogen) atoms. The smallest absolute Gasteiger partial charge is 0.253 e. The molecule has 0 spiro atoms. The van der Waals surface area contributed by atoms with Gasteiger partial charge in [0.05, 0.1) is 0 Å². The van der Waals surface area contributed by atoms with Crippen LogP contribution in [0.25, 0.3) is 11.1 Å². The second kappa shape index (κ2) is 6.11. The summed E-state index contributed by atoms with van der Waals surface area (Å²) in [5.74, 6) is 1.89. The lowest BCUT2D eigenvalue weighted by Crippen LogP contribution is -2.29. The molecule has 0 saturated carbocycles. The first kappa shape index (κ1) is 14.9. The van der Waals surface area contributed by atoms with Crippen LogP contribution < -0.4 is 5.73 Å². The molecule has 1 aromatic heterocycles. The minimum Gasteiger partial charge on any atom is -0.384 e. The fraction of sp³-hybridized carbons (Fsp3) is 0.300. The molecule has 2 aliphatic rings. The first-order chi connectivity index (χ1) is 11.7. The highest BCUT2D eigenvalue weighted by atomic mass is 16.2. The lowest BCUT2D eigenvalue weighted by molar-refractivity contribution is 0.0784. The van der Waals surface area contributed by atoms with Crippen LogP contribution in [-0.4, -0.2) is 28.9 Å². The maximum Gasteiger partial charge on any atom is 0.253 e. The largest absolute Gasteiger partial charge is 0.384 e. The van der Waals surface area contributed by atoms with Crippen molar-refractivity contribution in [1.82, 2.24) is 9.88 Å². The second-order valence-corrected chi connectivity index (χ2v) is 6.73. The Hall–Kier alpha value is -2.62. The lowest BCUT2D eigenvalue weighted by atomic mass is 9.86. The summed E-state index contributed by atoms with van der Waals surface area (Å²) in [6, 6.07) is 11.5. The number of likely N-dealkylation sites (tertiary alicyclic amines) is 1. The van der Waals surface area contributed by atoms with Gasteiger partial charge in [0.2, 0.25) is 0 Å². The fourth-order valence-electron chi connectivity index (χ4n) is 3.77. The maximum absolute atomic E-state index is 12.9. The number of pyridine rings is 1. The molecule has 1 aromatic carbocycles. The van der Waals surface area contributed by atoms with Gasteiger partial charge in [-0.25, -0.2) is 4.98 Å². The van der Waals surface area contributed by atoms with Crippen LogP contribution in [-0.2, 0) is 0 Å². The normalized spacial score (nSPS) is 22.4. The van der Waals surface area contributed by atoms with Crippen molar-refractivity contribution in [3.05, 3.63) is 60.3 Å². The van der Waals surface area contributed by atoms with Crippen molar-refractivity contribution in [2.45, 2.75) is 12.8 Å². The zero-order valence-electron chi connectivity index (χ0n) is 13.6. The van der Waals surface area contributed by atoms with Gasteiger partial charge in [-0.3, -0.25) is 4.79 Å². The van der Waals surface area contributed by atoms with Crippen molar-refractivity contribution in [2.24, 2.45) is 11.8 Å². The van der Waals surface area contributed by atoms with Gasteiger partial charge in [-0.15, -0.1) is 0 Å². The summed E-state index contributed by atoms with van der Waals surface area (Å²) in [6.45, 7) is 1.75. The number of rotatable bonds is 2. The molecule has 1 saturated heterocycles. The number of aromatic nitrogens is 1. The molecule has 0 radical (unpaired) electrons. The standard InChI is InChI=1S/C20H21N3O/c21-19-9-8-16(11-22-19)14-6-3-7-15(10-14)20(24)23-12-17-4-1-2-5-18(17)13-23/h1-3,6-11,17-18H,4-5,12-13H2,(H2,21,22)/t17-,18+. The predicted octanol–water partition coefficient (Wildman–Crippen LogP) is 3.37. The summed E-state index contributed by atoms with van der Waals surface area (Å²) in [4.78, 5) is 19.0. The van der Waals surface area contributed by atoms with Crippen molar-refractivity contribution in [3.63, 3.8) is 0 Å². The Bertz CT molecular complexity index is 766. The van der Waals surface area contributed by atoms with Gasteiger partial charge >= 0.3 is 0 Å². The number of nitrogens with two attached hydrogens (primary N) is 1. The van der Waals surface area contributed by atoms with Gasteiger partial charge in [0.25, 0.3) is 5.91 Å². The van der Waals surface area contributed by atoms with Crippen molar-refractivity contribution in [1.29, 1.82) is 0 Å². The average molecular weight is 319 g/mol. The molecular weight excluding hydrogens is 298 g/mol. The minimum atomic E-state index is 0.134. The maximum atomic E-state index is 12.9. The first-order valence-electron chi connectivity index (χ1n) is 8.47. The highest BCUT2D eigenvalue weighted by molar-refractivity contribution is 5.95. The third kappa shape index (κ3) is 2.80. The van der Waals surface area contributed by atoms with Crippen molar-refractivity contribution in [3.8, 4) is 11.1 Å². The number of nitrogen functional groups attached to an aromatic ring is 1. The molecule has 122 valence electrons. The summed E-state index contributed by atoms with van der Waals surface area (Å²) < 4.78 is 0. The second-order valence-electron chi connectivity index (χ2n) is 6.73. The van der Waals surface area contributed by atoms with Gasteiger partial charge in [-0.05, 0) is 54.5 Å². The van der Waals surface area contributed by atoms with Gasteiger partial charge in [-0.2, -0.15) is 0 Å². The highest BCUT2D eigenvalue weighted by Crippen LogP contribution is 2.33. The Morgan fingerprint density at radius 3 is 2.46 bits per heavy atom. The quantitative estimate of drug-likeness (QED) is 0.863. The van der Waals surface area contributed by atoms with Crippen LogP contribution >= 0.6 is 0 Å². The topological polar surface area (TPSA) is 59.2 Å². The number of hydrogen-bond donors (Lipinski definition) is 1. The van der Waals surface area contributed by atoms with Crippen LogP contribution in [0.1, 0.15) is 23.2 Å². The van der Waals surface area contributed by atoms with Gasteiger partial charge in [-0.1, -0.05) is 24.3 Å². The number of nitrogens with zero attached hydrogens (tertiary/aromatic N) is 2. The third-order valence-electron chi connectivity index (χ3n) is 5.14. The van der Waals surface area contributed by atoms with Crippen LogP contribution in [0.3, 0.4) is 0 Å². The Morgan fingerprint density at radius 1 is 1.04 bits per heavy atom. The van der Waals surface area contributed by atoms with E-state index >= 15 is 0 Å². The molecule has 1 fully saturated rings. The Morgan fingerprint density at radius 2 is 1.79 bits per heavy atom. The third-order valence-corrected chi connectivity index (χ3v) is 5.14. The molecule has 2 heterocycles. The summed E-state index contributed by atoms with van der Waals surface area (Å²) in [6.07, 6.45) is 8.46. The van der Waals surface area contributed by atoms with Crippen molar-refractivity contribution < 1.29 is 4.79 Å². The monoisotopic (exact) mass is 319 g/mol. The van der Waals surface area contributed by atoms with Crippen LogP contribution in [0, 0.1) is 11.8 Å². The molecule has 4 rings (SSSR count). The molecule has 1 aliphatic heterocycles. The number of carbonyl (C=O) groups excluding carboxylic acids is 1. The molecule has 2 aromatic rings. The zero-order valence-corrected chi connectivity index (χ0v) is 13.6. The number of carbonyl (C=O) groups is 1. The van der Waals surface area contributed by atoms with E-state index in [1.165, 1.54) is 0 Å². The van der Waals surface area contributed by atoms with E-state index in [2.05, 4.69) is 17.1 Å². The molecule has 0 bridgehead atoms. The van der Waals surface area contributed by atoms with Gasteiger partial charge in [0.1, 0.15) is 5.82 Å². The highest BCUT2D eigenvalue weighted by Gasteiger charge is 2.35. The Balaban J connectivity index is 1.55. The number of benzene rings is 1. The van der Waals surface area contributed by atoms with Crippen LogP contribution in [0.2, 0.25) is 0 Å². The summed E-state index contributed by atoms with van der Waals surface area (Å²) in [5.41, 5.74) is 8.35. The van der Waals surface area contributed by atoms with Crippen LogP contribution in [0.4, 0.5) is 5.82 Å². The van der Waals surface area contributed by atoms with Crippen molar-refractivity contribution >= 4 is 11.7 Å². The zero-order chi connectivity index (χ0) is 16.5. The summed E-state index contributed by atoms with van der Waals surface area (Å²) in [7, 11) is 0. The van der Waals surface area contributed by atoms with E-state index in [1.807, 2.05) is 35.2 Å². The Labute approximate surface area is 142 Å². The molecule has 2 N–H and O–H groups in total.